The largest absolute Gasteiger partial charge is 0.374 e. The molecule has 2 aromatic heterocycles. The summed E-state index contributed by atoms with van der Waals surface area (Å²) >= 11 is 0. The van der Waals surface area contributed by atoms with Crippen molar-refractivity contribution in [3.63, 3.8) is 0 Å². The van der Waals surface area contributed by atoms with Crippen LogP contribution in [0.5, 0.6) is 0 Å². The number of carbonyl (C=O) groups excluding carboxylic acids is 1. The van der Waals surface area contributed by atoms with E-state index in [-0.39, 0.29) is 11.8 Å². The molecule has 1 amide bonds. The fourth-order valence-corrected chi connectivity index (χ4v) is 3.91. The van der Waals surface area contributed by atoms with E-state index in [1.165, 1.54) is 17.0 Å². The average Bonchev–Trinajstić information content (AvgIpc) is 2.76. The number of pyridine rings is 2. The van der Waals surface area contributed by atoms with Crippen molar-refractivity contribution in [2.45, 2.75) is 25.5 Å². The van der Waals surface area contributed by atoms with E-state index in [4.69, 9.17) is 0 Å². The van der Waals surface area contributed by atoms with Gasteiger partial charge in [0.1, 0.15) is 17.9 Å². The van der Waals surface area contributed by atoms with Crippen molar-refractivity contribution in [1.82, 2.24) is 14.9 Å². The monoisotopic (exact) mass is 409 g/mol. The van der Waals surface area contributed by atoms with Gasteiger partial charge in [0.15, 0.2) is 0 Å². The third kappa shape index (κ3) is 4.21. The third-order valence-electron chi connectivity index (χ3n) is 5.46. The zero-order valence-electron chi connectivity index (χ0n) is 16.2. The summed E-state index contributed by atoms with van der Waals surface area (Å²) in [6.45, 7) is 0.345. The Bertz CT molecular complexity index is 1050. The fourth-order valence-electron chi connectivity index (χ4n) is 3.91. The molecule has 1 aromatic carbocycles. The SMILES string of the molecule is O=C(c1cccnc1-c1ccncc1)N1CCC(Cc2ccc(F)cc2F)CC1O. The van der Waals surface area contributed by atoms with Crippen LogP contribution in [0.15, 0.2) is 61.1 Å². The summed E-state index contributed by atoms with van der Waals surface area (Å²) in [5, 5.41) is 10.6. The summed E-state index contributed by atoms with van der Waals surface area (Å²) in [5.74, 6) is -1.50. The molecule has 1 saturated heterocycles. The zero-order chi connectivity index (χ0) is 21.1. The molecular formula is C23H21F2N3O2. The summed E-state index contributed by atoms with van der Waals surface area (Å²) in [4.78, 5) is 22.9. The summed E-state index contributed by atoms with van der Waals surface area (Å²) in [5.41, 5.74) is 2.13. The van der Waals surface area contributed by atoms with Crippen LogP contribution in [0.4, 0.5) is 8.78 Å². The summed E-state index contributed by atoms with van der Waals surface area (Å²) < 4.78 is 27.1. The second-order valence-corrected chi connectivity index (χ2v) is 7.44. The maximum atomic E-state index is 14.0. The van der Waals surface area contributed by atoms with Crippen LogP contribution in [0.1, 0.15) is 28.8 Å². The van der Waals surface area contributed by atoms with Gasteiger partial charge in [0.25, 0.3) is 5.91 Å². The Balaban J connectivity index is 1.49. The predicted molar refractivity (Wildman–Crippen MR) is 107 cm³/mol. The van der Waals surface area contributed by atoms with Gasteiger partial charge in [-0.25, -0.2) is 8.78 Å². The van der Waals surface area contributed by atoms with Crippen LogP contribution in [-0.2, 0) is 6.42 Å². The Labute approximate surface area is 173 Å². The molecule has 5 nitrogen and oxygen atoms in total. The fraction of sp³-hybridized carbons (Fsp3) is 0.261. The van der Waals surface area contributed by atoms with Gasteiger partial charge in [-0.3, -0.25) is 14.8 Å². The lowest BCUT2D eigenvalue weighted by Gasteiger charge is -2.37. The number of amides is 1. The van der Waals surface area contributed by atoms with Gasteiger partial charge in [0, 0.05) is 36.8 Å². The zero-order valence-corrected chi connectivity index (χ0v) is 16.2. The van der Waals surface area contributed by atoms with Gasteiger partial charge in [0.05, 0.1) is 11.3 Å². The maximum absolute atomic E-state index is 14.0. The van der Waals surface area contributed by atoms with E-state index in [9.17, 15) is 18.7 Å². The number of likely N-dealkylation sites (tertiary alicyclic amines) is 1. The van der Waals surface area contributed by atoms with Gasteiger partial charge in [-0.2, -0.15) is 0 Å². The molecule has 4 rings (SSSR count). The van der Waals surface area contributed by atoms with Crippen LogP contribution in [0.25, 0.3) is 11.3 Å². The summed E-state index contributed by atoms with van der Waals surface area (Å²) in [7, 11) is 0. The number of aromatic nitrogens is 2. The van der Waals surface area contributed by atoms with Crippen molar-refractivity contribution in [2.24, 2.45) is 5.92 Å². The molecule has 0 spiro atoms. The highest BCUT2D eigenvalue weighted by Gasteiger charge is 2.32. The predicted octanol–water partition coefficient (Wildman–Crippen LogP) is 3.84. The van der Waals surface area contributed by atoms with Gasteiger partial charge in [-0.15, -0.1) is 0 Å². The van der Waals surface area contributed by atoms with Crippen LogP contribution in [0, 0.1) is 17.6 Å². The molecule has 30 heavy (non-hydrogen) atoms. The van der Waals surface area contributed by atoms with Crippen LogP contribution in [0.3, 0.4) is 0 Å². The maximum Gasteiger partial charge on any atom is 0.258 e. The van der Waals surface area contributed by atoms with Crippen molar-refractivity contribution >= 4 is 5.91 Å². The number of piperidine rings is 1. The molecule has 0 aliphatic carbocycles. The molecule has 2 unspecified atom stereocenters. The minimum absolute atomic E-state index is 0.00224. The number of nitrogens with zero attached hydrogens (tertiary/aromatic N) is 3. The smallest absolute Gasteiger partial charge is 0.258 e. The highest BCUT2D eigenvalue weighted by atomic mass is 19.1. The molecule has 1 aliphatic rings. The number of hydrogen-bond donors (Lipinski definition) is 1. The first-order valence-corrected chi connectivity index (χ1v) is 9.81. The van der Waals surface area contributed by atoms with E-state index in [1.54, 1.807) is 42.9 Å². The molecule has 1 fully saturated rings. The lowest BCUT2D eigenvalue weighted by Crippen LogP contribution is -2.46. The molecule has 3 heterocycles. The Morgan fingerprint density at radius 3 is 2.67 bits per heavy atom. The number of aliphatic hydroxyl groups is 1. The van der Waals surface area contributed by atoms with Gasteiger partial charge in [-0.05, 0) is 61.1 Å². The molecule has 1 aliphatic heterocycles. The highest BCUT2D eigenvalue weighted by Crippen LogP contribution is 2.29. The van der Waals surface area contributed by atoms with Gasteiger partial charge in [0.2, 0.25) is 0 Å². The lowest BCUT2D eigenvalue weighted by atomic mass is 9.88. The van der Waals surface area contributed by atoms with Gasteiger partial charge >= 0.3 is 0 Å². The highest BCUT2D eigenvalue weighted by molar-refractivity contribution is 6.00. The van der Waals surface area contributed by atoms with E-state index in [2.05, 4.69) is 9.97 Å². The summed E-state index contributed by atoms with van der Waals surface area (Å²) in [6, 6.07) is 10.5. The van der Waals surface area contributed by atoms with Crippen molar-refractivity contribution in [3.8, 4) is 11.3 Å². The van der Waals surface area contributed by atoms with E-state index in [0.29, 0.717) is 42.6 Å². The molecule has 2 atom stereocenters. The van der Waals surface area contributed by atoms with Crippen LogP contribution in [-0.4, -0.2) is 38.7 Å². The normalized spacial score (nSPS) is 19.0. The number of benzene rings is 1. The van der Waals surface area contributed by atoms with E-state index in [0.717, 1.165) is 11.6 Å². The third-order valence-corrected chi connectivity index (χ3v) is 5.46. The van der Waals surface area contributed by atoms with Crippen molar-refractivity contribution in [2.75, 3.05) is 6.54 Å². The minimum atomic E-state index is -0.981. The van der Waals surface area contributed by atoms with Crippen LogP contribution >= 0.6 is 0 Å². The Hall–Kier alpha value is -3.19. The number of rotatable bonds is 4. The first kappa shape index (κ1) is 20.1. The van der Waals surface area contributed by atoms with Gasteiger partial charge < -0.3 is 10.0 Å². The minimum Gasteiger partial charge on any atom is -0.374 e. The molecular weight excluding hydrogens is 388 g/mol. The van der Waals surface area contributed by atoms with E-state index < -0.39 is 17.9 Å². The van der Waals surface area contributed by atoms with Crippen molar-refractivity contribution in [3.05, 3.63) is 83.8 Å². The van der Waals surface area contributed by atoms with E-state index >= 15 is 0 Å². The second-order valence-electron chi connectivity index (χ2n) is 7.44. The lowest BCUT2D eigenvalue weighted by molar-refractivity contribution is -0.0274. The molecule has 0 saturated carbocycles. The van der Waals surface area contributed by atoms with Gasteiger partial charge in [-0.1, -0.05) is 6.07 Å². The topological polar surface area (TPSA) is 66.3 Å². The van der Waals surface area contributed by atoms with Crippen molar-refractivity contribution < 1.29 is 18.7 Å². The molecule has 0 bridgehead atoms. The van der Waals surface area contributed by atoms with Crippen LogP contribution < -0.4 is 0 Å². The first-order chi connectivity index (χ1) is 14.5. The Kier molecular flexibility index (Phi) is 5.81. The summed E-state index contributed by atoms with van der Waals surface area (Å²) in [6.07, 6.45) is 5.23. The number of hydrogen-bond acceptors (Lipinski definition) is 4. The molecule has 1 N–H and O–H groups in total. The number of carbonyl (C=O) groups is 1. The first-order valence-electron chi connectivity index (χ1n) is 9.81. The Morgan fingerprint density at radius 1 is 1.13 bits per heavy atom. The molecule has 3 aromatic rings. The van der Waals surface area contributed by atoms with Crippen molar-refractivity contribution in [1.29, 1.82) is 0 Å². The van der Waals surface area contributed by atoms with E-state index in [1.807, 2.05) is 0 Å². The molecule has 154 valence electrons. The quantitative estimate of drug-likeness (QED) is 0.711. The molecule has 0 radical (unpaired) electrons. The number of halogens is 2. The molecule has 7 heteroatoms. The van der Waals surface area contributed by atoms with Crippen LogP contribution in [0.2, 0.25) is 0 Å². The average molecular weight is 409 g/mol. The second kappa shape index (κ2) is 8.67. The standard InChI is InChI=1S/C23H21F2N3O2/c24-18-4-3-17(20(25)14-18)12-15-7-11-28(21(29)13-15)23(30)19-2-1-8-27-22(19)16-5-9-26-10-6-16/h1-6,8-10,14-15,21,29H,7,11-13H2. The Morgan fingerprint density at radius 2 is 1.93 bits per heavy atom. The number of aliphatic hydroxyl groups excluding tert-OH is 1.